The fraction of sp³-hybridized carbons (Fsp3) is 0.316. The molecule has 26 heavy (non-hydrogen) atoms. The zero-order chi connectivity index (χ0) is 18.7. The van der Waals surface area contributed by atoms with Gasteiger partial charge in [-0.3, -0.25) is 4.79 Å². The van der Waals surface area contributed by atoms with Crippen molar-refractivity contribution in [2.75, 3.05) is 25.5 Å². The van der Waals surface area contributed by atoms with E-state index in [1.807, 2.05) is 7.05 Å². The summed E-state index contributed by atoms with van der Waals surface area (Å²) in [6.45, 7) is 1.79. The fourth-order valence-corrected chi connectivity index (χ4v) is 2.87. The molecule has 1 amide bonds. The van der Waals surface area contributed by atoms with Gasteiger partial charge < -0.3 is 15.0 Å². The zero-order valence-corrected chi connectivity index (χ0v) is 14.3. The molecule has 0 saturated carbocycles. The molecular weight excluding hydrogens is 345 g/mol. The molecule has 3 rings (SSSR count). The van der Waals surface area contributed by atoms with Crippen LogP contribution in [0.3, 0.4) is 0 Å². The molecule has 2 aromatic rings. The summed E-state index contributed by atoms with van der Waals surface area (Å²) in [5, 5.41) is 2.41. The van der Waals surface area contributed by atoms with Crippen LogP contribution in [0.1, 0.15) is 23.2 Å². The first-order valence-corrected chi connectivity index (χ1v) is 8.33. The van der Waals surface area contributed by atoms with E-state index in [1.54, 1.807) is 0 Å². The van der Waals surface area contributed by atoms with Crippen molar-refractivity contribution < 1.29 is 22.7 Å². The molecule has 1 heterocycles. The summed E-state index contributed by atoms with van der Waals surface area (Å²) in [6.07, 6.45) is 1.64. The summed E-state index contributed by atoms with van der Waals surface area (Å²) in [6, 6.07) is 6.48. The van der Waals surface area contributed by atoms with Crippen molar-refractivity contribution >= 4 is 11.6 Å². The van der Waals surface area contributed by atoms with Gasteiger partial charge in [-0.1, -0.05) is 0 Å². The predicted octanol–water partition coefficient (Wildman–Crippen LogP) is 3.83. The highest BCUT2D eigenvalue weighted by Gasteiger charge is 2.19. The SMILES string of the molecule is CN1CCC(Oc2cc(F)cc(NC(=O)c3ccc(F)cc3F)c2)CC1. The minimum Gasteiger partial charge on any atom is -0.490 e. The second kappa shape index (κ2) is 7.78. The summed E-state index contributed by atoms with van der Waals surface area (Å²) in [5.41, 5.74) is -0.185. The number of piperidine rings is 1. The van der Waals surface area contributed by atoms with Gasteiger partial charge in [0.1, 0.15) is 29.3 Å². The maximum Gasteiger partial charge on any atom is 0.258 e. The van der Waals surface area contributed by atoms with Gasteiger partial charge in [0.2, 0.25) is 0 Å². The zero-order valence-electron chi connectivity index (χ0n) is 14.3. The van der Waals surface area contributed by atoms with Crippen LogP contribution in [0.4, 0.5) is 18.9 Å². The molecular formula is C19H19F3N2O2. The minimum absolute atomic E-state index is 0.0221. The van der Waals surface area contributed by atoms with Crippen LogP contribution in [0.25, 0.3) is 0 Å². The summed E-state index contributed by atoms with van der Waals surface area (Å²) < 4.78 is 46.3. The van der Waals surface area contributed by atoms with Crippen molar-refractivity contribution in [1.82, 2.24) is 4.90 Å². The second-order valence-corrected chi connectivity index (χ2v) is 6.37. The van der Waals surface area contributed by atoms with Gasteiger partial charge in [0.25, 0.3) is 5.91 Å². The highest BCUT2D eigenvalue weighted by molar-refractivity contribution is 6.04. The van der Waals surface area contributed by atoms with Gasteiger partial charge in [0.15, 0.2) is 0 Å². The van der Waals surface area contributed by atoms with Crippen LogP contribution in [-0.2, 0) is 0 Å². The molecule has 1 aliphatic rings. The second-order valence-electron chi connectivity index (χ2n) is 6.37. The van der Waals surface area contributed by atoms with E-state index in [-0.39, 0.29) is 17.4 Å². The highest BCUT2D eigenvalue weighted by Crippen LogP contribution is 2.24. The predicted molar refractivity (Wildman–Crippen MR) is 91.9 cm³/mol. The van der Waals surface area contributed by atoms with Gasteiger partial charge in [-0.25, -0.2) is 13.2 Å². The number of carbonyl (C=O) groups is 1. The van der Waals surface area contributed by atoms with Crippen LogP contribution in [0, 0.1) is 17.5 Å². The van der Waals surface area contributed by atoms with Crippen LogP contribution < -0.4 is 10.1 Å². The number of nitrogens with zero attached hydrogens (tertiary/aromatic N) is 1. The number of nitrogens with one attached hydrogen (secondary N) is 1. The molecule has 1 saturated heterocycles. The maximum absolute atomic E-state index is 13.9. The van der Waals surface area contributed by atoms with E-state index in [0.717, 1.165) is 44.1 Å². The molecule has 1 fully saturated rings. The molecule has 7 heteroatoms. The molecule has 0 atom stereocenters. The standard InChI is InChI=1S/C19H19F3N2O2/c1-24-6-4-15(5-7-24)26-16-9-13(21)8-14(11-16)23-19(25)17-3-2-12(20)10-18(17)22/h2-3,8-11,15H,4-7H2,1H3,(H,23,25). The number of likely N-dealkylation sites (tertiary alicyclic amines) is 1. The number of amides is 1. The van der Waals surface area contributed by atoms with Crippen molar-refractivity contribution in [1.29, 1.82) is 0 Å². The van der Waals surface area contributed by atoms with E-state index < -0.39 is 23.4 Å². The number of benzene rings is 2. The van der Waals surface area contributed by atoms with Gasteiger partial charge in [-0.15, -0.1) is 0 Å². The number of hydrogen-bond acceptors (Lipinski definition) is 3. The number of carbonyl (C=O) groups excluding carboxylic acids is 1. The van der Waals surface area contributed by atoms with Crippen molar-refractivity contribution in [3.05, 3.63) is 59.4 Å². The van der Waals surface area contributed by atoms with E-state index in [4.69, 9.17) is 4.74 Å². The largest absolute Gasteiger partial charge is 0.490 e. The van der Waals surface area contributed by atoms with E-state index in [1.165, 1.54) is 12.1 Å². The molecule has 0 radical (unpaired) electrons. The van der Waals surface area contributed by atoms with Crippen molar-refractivity contribution in [3.8, 4) is 5.75 Å². The number of halogens is 3. The lowest BCUT2D eigenvalue weighted by Crippen LogP contribution is -2.35. The number of ether oxygens (including phenoxy) is 1. The van der Waals surface area contributed by atoms with E-state index >= 15 is 0 Å². The van der Waals surface area contributed by atoms with E-state index in [2.05, 4.69) is 10.2 Å². The summed E-state index contributed by atoms with van der Waals surface area (Å²) >= 11 is 0. The molecule has 2 aromatic carbocycles. The molecule has 1 aliphatic heterocycles. The van der Waals surface area contributed by atoms with Crippen molar-refractivity contribution in [2.24, 2.45) is 0 Å². The van der Waals surface area contributed by atoms with Crippen LogP contribution in [-0.4, -0.2) is 37.0 Å². The Hall–Kier alpha value is -2.54. The maximum atomic E-state index is 13.9. The van der Waals surface area contributed by atoms with Crippen LogP contribution in [0.15, 0.2) is 36.4 Å². The Balaban J connectivity index is 1.72. The normalized spacial score (nSPS) is 15.7. The fourth-order valence-electron chi connectivity index (χ4n) is 2.87. The Morgan fingerprint density at radius 2 is 1.81 bits per heavy atom. The molecule has 0 aromatic heterocycles. The Morgan fingerprint density at radius 1 is 1.08 bits per heavy atom. The molecule has 4 nitrogen and oxygen atoms in total. The molecule has 0 unspecified atom stereocenters. The Kier molecular flexibility index (Phi) is 5.46. The van der Waals surface area contributed by atoms with Gasteiger partial charge in [0.05, 0.1) is 5.56 Å². The quantitative estimate of drug-likeness (QED) is 0.897. The summed E-state index contributed by atoms with van der Waals surface area (Å²) in [4.78, 5) is 14.3. The highest BCUT2D eigenvalue weighted by atomic mass is 19.1. The molecule has 0 spiro atoms. The third-order valence-electron chi connectivity index (χ3n) is 4.27. The Morgan fingerprint density at radius 3 is 2.50 bits per heavy atom. The molecule has 1 N–H and O–H groups in total. The smallest absolute Gasteiger partial charge is 0.258 e. The minimum atomic E-state index is -0.985. The Bertz CT molecular complexity index is 805. The third-order valence-corrected chi connectivity index (χ3v) is 4.27. The summed E-state index contributed by atoms with van der Waals surface area (Å²) in [7, 11) is 2.03. The lowest BCUT2D eigenvalue weighted by Gasteiger charge is -2.29. The lowest BCUT2D eigenvalue weighted by atomic mass is 10.1. The summed E-state index contributed by atoms with van der Waals surface area (Å²) in [5.74, 6) is -2.83. The first-order valence-electron chi connectivity index (χ1n) is 8.33. The van der Waals surface area contributed by atoms with Gasteiger partial charge in [-0.05, 0) is 38.1 Å². The third kappa shape index (κ3) is 4.54. The molecule has 0 bridgehead atoms. The topological polar surface area (TPSA) is 41.6 Å². The van der Waals surface area contributed by atoms with Crippen LogP contribution >= 0.6 is 0 Å². The number of anilines is 1. The van der Waals surface area contributed by atoms with Crippen molar-refractivity contribution in [3.63, 3.8) is 0 Å². The van der Waals surface area contributed by atoms with Gasteiger partial charge in [0, 0.05) is 37.0 Å². The van der Waals surface area contributed by atoms with E-state index in [9.17, 15) is 18.0 Å². The van der Waals surface area contributed by atoms with Crippen LogP contribution in [0.2, 0.25) is 0 Å². The van der Waals surface area contributed by atoms with Gasteiger partial charge in [-0.2, -0.15) is 0 Å². The van der Waals surface area contributed by atoms with Crippen LogP contribution in [0.5, 0.6) is 5.75 Å². The number of hydrogen-bond donors (Lipinski definition) is 1. The monoisotopic (exact) mass is 364 g/mol. The van der Waals surface area contributed by atoms with Gasteiger partial charge >= 0.3 is 0 Å². The average Bonchev–Trinajstić information content (AvgIpc) is 2.56. The first kappa shape index (κ1) is 18.3. The number of rotatable bonds is 4. The van der Waals surface area contributed by atoms with E-state index in [0.29, 0.717) is 11.8 Å². The molecule has 0 aliphatic carbocycles. The Labute approximate surface area is 149 Å². The lowest BCUT2D eigenvalue weighted by molar-refractivity contribution is 0.102. The molecule has 138 valence electrons. The average molecular weight is 364 g/mol. The first-order chi connectivity index (χ1) is 12.4. The van der Waals surface area contributed by atoms with Crippen molar-refractivity contribution in [2.45, 2.75) is 18.9 Å².